The van der Waals surface area contributed by atoms with Gasteiger partial charge in [-0.05, 0) is 24.5 Å². The maximum Gasteiger partial charge on any atom is 0.416 e. The molecule has 1 aromatic carbocycles. The molecule has 1 aliphatic heterocycles. The fraction of sp³-hybridized carbons (Fsp3) is 0.438. The Bertz CT molecular complexity index is 712. The summed E-state index contributed by atoms with van der Waals surface area (Å²) < 4.78 is 46.0. The molecule has 25 heavy (non-hydrogen) atoms. The molecule has 1 N–H and O–H groups in total. The zero-order chi connectivity index (χ0) is 17.9. The third-order valence-electron chi connectivity index (χ3n) is 4.18. The predicted octanol–water partition coefficient (Wildman–Crippen LogP) is 2.95. The van der Waals surface area contributed by atoms with Gasteiger partial charge in [0.05, 0.1) is 23.5 Å². The van der Waals surface area contributed by atoms with Crippen LogP contribution < -0.4 is 5.32 Å². The molecule has 0 aliphatic carbocycles. The molecule has 0 spiro atoms. The molecule has 2 heterocycles. The van der Waals surface area contributed by atoms with Crippen LogP contribution in [0.5, 0.6) is 0 Å². The smallest absolute Gasteiger partial charge is 0.348 e. The van der Waals surface area contributed by atoms with Crippen LogP contribution in [0.4, 0.5) is 13.2 Å². The van der Waals surface area contributed by atoms with Crippen molar-refractivity contribution in [2.24, 2.45) is 0 Å². The lowest BCUT2D eigenvalue weighted by molar-refractivity contribution is -0.137. The fourth-order valence-corrected chi connectivity index (χ4v) is 3.28. The van der Waals surface area contributed by atoms with E-state index in [9.17, 15) is 18.0 Å². The van der Waals surface area contributed by atoms with Gasteiger partial charge in [-0.25, -0.2) is 0 Å². The van der Waals surface area contributed by atoms with Gasteiger partial charge in [0.1, 0.15) is 0 Å². The number of piperidine rings is 1. The molecule has 1 saturated heterocycles. The fourth-order valence-electron chi connectivity index (χ4n) is 2.86. The molecular formula is C16H17F3N4OS. The Morgan fingerprint density at radius 2 is 2.08 bits per heavy atom. The first-order valence-electron chi connectivity index (χ1n) is 7.89. The molecule has 1 aromatic heterocycles. The summed E-state index contributed by atoms with van der Waals surface area (Å²) in [5, 5.41) is 2.92. The van der Waals surface area contributed by atoms with E-state index in [1.54, 1.807) is 6.07 Å². The van der Waals surface area contributed by atoms with E-state index in [2.05, 4.69) is 19.0 Å². The summed E-state index contributed by atoms with van der Waals surface area (Å²) in [6.07, 6.45) is -1.38. The molecule has 1 fully saturated rings. The molecule has 9 heteroatoms. The molecule has 0 bridgehead atoms. The molecule has 0 radical (unpaired) electrons. The molecule has 0 saturated carbocycles. The minimum absolute atomic E-state index is 0.0481. The largest absolute Gasteiger partial charge is 0.416 e. The van der Waals surface area contributed by atoms with Gasteiger partial charge in [0.15, 0.2) is 5.69 Å². The molecule has 1 aliphatic rings. The summed E-state index contributed by atoms with van der Waals surface area (Å²) in [7, 11) is 0. The quantitative estimate of drug-likeness (QED) is 0.899. The van der Waals surface area contributed by atoms with Crippen LogP contribution in [0.3, 0.4) is 0 Å². The number of likely N-dealkylation sites (tertiary alicyclic amines) is 1. The average Bonchev–Trinajstić information content (AvgIpc) is 3.11. The van der Waals surface area contributed by atoms with Gasteiger partial charge in [-0.2, -0.15) is 21.9 Å². The van der Waals surface area contributed by atoms with E-state index < -0.39 is 11.7 Å². The summed E-state index contributed by atoms with van der Waals surface area (Å²) >= 11 is 0.985. The number of nitrogens with zero attached hydrogens (tertiary/aromatic N) is 3. The van der Waals surface area contributed by atoms with Crippen LogP contribution in [0.1, 0.15) is 34.5 Å². The van der Waals surface area contributed by atoms with Crippen molar-refractivity contribution in [3.8, 4) is 0 Å². The topological polar surface area (TPSA) is 58.1 Å². The van der Waals surface area contributed by atoms with Crippen molar-refractivity contribution in [2.75, 3.05) is 13.1 Å². The van der Waals surface area contributed by atoms with Crippen molar-refractivity contribution in [1.82, 2.24) is 19.0 Å². The molecule has 3 rings (SSSR count). The van der Waals surface area contributed by atoms with E-state index in [-0.39, 0.29) is 11.9 Å². The second kappa shape index (κ2) is 7.49. The van der Waals surface area contributed by atoms with Crippen molar-refractivity contribution >= 4 is 17.6 Å². The zero-order valence-corrected chi connectivity index (χ0v) is 14.1. The Kier molecular flexibility index (Phi) is 5.33. The van der Waals surface area contributed by atoms with Crippen LogP contribution in [-0.2, 0) is 12.7 Å². The maximum atomic E-state index is 12.8. The summed E-state index contributed by atoms with van der Waals surface area (Å²) in [6, 6.07) is 5.47. The third kappa shape index (κ3) is 4.76. The number of benzene rings is 1. The Labute approximate surface area is 147 Å². The second-order valence-corrected chi connectivity index (χ2v) is 6.57. The summed E-state index contributed by atoms with van der Waals surface area (Å²) in [5.41, 5.74) is 0.339. The number of aromatic nitrogens is 2. The lowest BCUT2D eigenvalue weighted by atomic mass is 10.0. The zero-order valence-electron chi connectivity index (χ0n) is 13.3. The number of halogens is 3. The van der Waals surface area contributed by atoms with E-state index >= 15 is 0 Å². The van der Waals surface area contributed by atoms with E-state index in [1.165, 1.54) is 18.3 Å². The van der Waals surface area contributed by atoms with E-state index in [0.717, 1.165) is 43.7 Å². The normalized spacial score (nSPS) is 16.8. The highest BCUT2D eigenvalue weighted by atomic mass is 32.1. The Hall–Kier alpha value is -2.00. The van der Waals surface area contributed by atoms with E-state index in [1.807, 2.05) is 0 Å². The van der Waals surface area contributed by atoms with Gasteiger partial charge in [-0.1, -0.05) is 18.2 Å². The molecule has 1 amide bonds. The number of nitrogens with one attached hydrogen (secondary N) is 1. The summed E-state index contributed by atoms with van der Waals surface area (Å²) in [4.78, 5) is 14.1. The number of carbonyl (C=O) groups excluding carboxylic acids is 1. The van der Waals surface area contributed by atoms with Gasteiger partial charge in [-0.3, -0.25) is 9.69 Å². The van der Waals surface area contributed by atoms with Crippen molar-refractivity contribution in [2.45, 2.75) is 31.6 Å². The van der Waals surface area contributed by atoms with Crippen LogP contribution in [0, 0.1) is 0 Å². The number of alkyl halides is 3. The average molecular weight is 370 g/mol. The van der Waals surface area contributed by atoms with Crippen LogP contribution >= 0.6 is 11.7 Å². The second-order valence-electron chi connectivity index (χ2n) is 6.01. The van der Waals surface area contributed by atoms with Gasteiger partial charge in [-0.15, -0.1) is 0 Å². The first-order chi connectivity index (χ1) is 11.9. The predicted molar refractivity (Wildman–Crippen MR) is 87.1 cm³/mol. The number of amides is 1. The standard InChI is InChI=1S/C16H17F3N4OS/c17-16(18,19)12-3-1-2-11(8-12)10-23-6-4-13(5-7-23)21-15(24)14-9-20-25-22-14/h1-3,8-9,13H,4-7,10H2,(H,21,24). The molecular weight excluding hydrogens is 353 g/mol. The third-order valence-corrected chi connectivity index (χ3v) is 4.66. The number of carbonyl (C=O) groups is 1. The van der Waals surface area contributed by atoms with Crippen LogP contribution in [-0.4, -0.2) is 38.7 Å². The van der Waals surface area contributed by atoms with Gasteiger partial charge in [0.25, 0.3) is 5.91 Å². The maximum absolute atomic E-state index is 12.8. The first-order valence-corrected chi connectivity index (χ1v) is 8.62. The Balaban J connectivity index is 1.50. The van der Waals surface area contributed by atoms with Gasteiger partial charge >= 0.3 is 6.18 Å². The number of hydrogen-bond acceptors (Lipinski definition) is 5. The minimum atomic E-state index is -4.32. The monoisotopic (exact) mass is 370 g/mol. The number of rotatable bonds is 4. The molecule has 2 aromatic rings. The number of hydrogen-bond donors (Lipinski definition) is 1. The lowest BCUT2D eigenvalue weighted by Gasteiger charge is -2.32. The summed E-state index contributed by atoms with van der Waals surface area (Å²) in [6.45, 7) is 1.91. The van der Waals surface area contributed by atoms with Crippen LogP contribution in [0.2, 0.25) is 0 Å². The molecule has 0 unspecified atom stereocenters. The summed E-state index contributed by atoms with van der Waals surface area (Å²) in [5.74, 6) is -0.231. The van der Waals surface area contributed by atoms with Crippen LogP contribution in [0.15, 0.2) is 30.5 Å². The van der Waals surface area contributed by atoms with Crippen molar-refractivity contribution in [3.63, 3.8) is 0 Å². The SMILES string of the molecule is O=C(NC1CCN(Cc2cccc(C(F)(F)F)c2)CC1)c1cnsn1. The van der Waals surface area contributed by atoms with Gasteiger partial charge in [0, 0.05) is 25.7 Å². The van der Waals surface area contributed by atoms with E-state index in [0.29, 0.717) is 17.8 Å². The molecule has 134 valence electrons. The lowest BCUT2D eigenvalue weighted by Crippen LogP contribution is -2.44. The highest BCUT2D eigenvalue weighted by molar-refractivity contribution is 6.99. The molecule has 5 nitrogen and oxygen atoms in total. The van der Waals surface area contributed by atoms with Crippen molar-refractivity contribution in [3.05, 3.63) is 47.3 Å². The van der Waals surface area contributed by atoms with Crippen LogP contribution in [0.25, 0.3) is 0 Å². The Morgan fingerprint density at radius 3 is 2.72 bits per heavy atom. The minimum Gasteiger partial charge on any atom is -0.348 e. The van der Waals surface area contributed by atoms with E-state index in [4.69, 9.17) is 0 Å². The van der Waals surface area contributed by atoms with Gasteiger partial charge in [0.2, 0.25) is 0 Å². The first kappa shape index (κ1) is 17.8. The molecule has 0 atom stereocenters. The Morgan fingerprint density at radius 1 is 1.32 bits per heavy atom. The van der Waals surface area contributed by atoms with Crippen molar-refractivity contribution in [1.29, 1.82) is 0 Å². The van der Waals surface area contributed by atoms with Gasteiger partial charge < -0.3 is 5.32 Å². The highest BCUT2D eigenvalue weighted by Gasteiger charge is 2.30. The highest BCUT2D eigenvalue weighted by Crippen LogP contribution is 2.30. The van der Waals surface area contributed by atoms with Crippen molar-refractivity contribution < 1.29 is 18.0 Å².